The molecule has 0 unspecified atom stereocenters. The van der Waals surface area contributed by atoms with Gasteiger partial charge in [-0.05, 0) is 12.1 Å². The molecule has 1 saturated heterocycles. The van der Waals surface area contributed by atoms with Crippen LogP contribution in [0.25, 0.3) is 0 Å². The largest absolute Gasteiger partial charge is 0.383 e. The van der Waals surface area contributed by atoms with Gasteiger partial charge >= 0.3 is 0 Å². The summed E-state index contributed by atoms with van der Waals surface area (Å²) in [6.07, 6.45) is 0. The van der Waals surface area contributed by atoms with Crippen LogP contribution < -0.4 is 0 Å². The van der Waals surface area contributed by atoms with Crippen LogP contribution in [0, 0.1) is 17.5 Å². The van der Waals surface area contributed by atoms with E-state index < -0.39 is 28.9 Å². The number of carbonyl (C=O) groups is 1. The van der Waals surface area contributed by atoms with Crippen LogP contribution in [0.1, 0.15) is 10.4 Å². The number of methoxy groups -OCH3 is 1. The Kier molecular flexibility index (Phi) is 5.19. The molecule has 0 saturated carbocycles. The Bertz CT molecular complexity index is 517. The van der Waals surface area contributed by atoms with Crippen molar-refractivity contribution in [3.8, 4) is 0 Å². The number of nitrogens with zero attached hydrogens (tertiary/aromatic N) is 2. The number of hydrogen-bond acceptors (Lipinski definition) is 3. The monoisotopic (exact) mass is 302 g/mol. The molecular formula is C14H17F3N2O2. The summed E-state index contributed by atoms with van der Waals surface area (Å²) < 4.78 is 44.7. The Morgan fingerprint density at radius 2 is 1.81 bits per heavy atom. The number of piperazine rings is 1. The second-order valence-corrected chi connectivity index (χ2v) is 4.85. The van der Waals surface area contributed by atoms with E-state index in [0.29, 0.717) is 32.8 Å². The zero-order chi connectivity index (χ0) is 15.4. The molecule has 7 heteroatoms. The van der Waals surface area contributed by atoms with Crippen LogP contribution in [0.2, 0.25) is 0 Å². The lowest BCUT2D eigenvalue weighted by molar-refractivity contribution is 0.0589. The fraction of sp³-hybridized carbons (Fsp3) is 0.500. The highest BCUT2D eigenvalue weighted by molar-refractivity contribution is 5.94. The summed E-state index contributed by atoms with van der Waals surface area (Å²) in [6, 6.07) is 1.74. The minimum atomic E-state index is -1.61. The standard InChI is InChI=1S/C14H17F3N2O2/c1-21-9-8-18-4-6-19(7-5-18)14(20)10-2-3-11(15)13(17)12(10)16/h2-3H,4-9H2,1H3. The second-order valence-electron chi connectivity index (χ2n) is 4.85. The highest BCUT2D eigenvalue weighted by Crippen LogP contribution is 2.17. The first kappa shape index (κ1) is 15.8. The van der Waals surface area contributed by atoms with Crippen molar-refractivity contribution in [1.29, 1.82) is 0 Å². The van der Waals surface area contributed by atoms with E-state index in [1.165, 1.54) is 4.90 Å². The Balaban J connectivity index is 2.01. The minimum Gasteiger partial charge on any atom is -0.383 e. The van der Waals surface area contributed by atoms with Crippen molar-refractivity contribution in [2.45, 2.75) is 0 Å². The Hall–Kier alpha value is -1.60. The first-order valence-corrected chi connectivity index (χ1v) is 6.68. The van der Waals surface area contributed by atoms with E-state index >= 15 is 0 Å². The molecule has 0 atom stereocenters. The maximum Gasteiger partial charge on any atom is 0.257 e. The van der Waals surface area contributed by atoms with Crippen LogP contribution in [0.15, 0.2) is 12.1 Å². The van der Waals surface area contributed by atoms with Gasteiger partial charge in [-0.3, -0.25) is 9.69 Å². The van der Waals surface area contributed by atoms with Crippen LogP contribution in [0.5, 0.6) is 0 Å². The Labute approximate surface area is 121 Å². The number of rotatable bonds is 4. The molecule has 0 N–H and O–H groups in total. The van der Waals surface area contributed by atoms with E-state index in [2.05, 4.69) is 4.90 Å². The first-order chi connectivity index (χ1) is 10.0. The van der Waals surface area contributed by atoms with E-state index in [1.807, 2.05) is 0 Å². The van der Waals surface area contributed by atoms with E-state index in [1.54, 1.807) is 7.11 Å². The minimum absolute atomic E-state index is 0.418. The lowest BCUT2D eigenvalue weighted by atomic mass is 10.1. The molecule has 0 spiro atoms. The predicted octanol–water partition coefficient (Wildman–Crippen LogP) is 1.51. The Morgan fingerprint density at radius 3 is 2.43 bits per heavy atom. The van der Waals surface area contributed by atoms with Gasteiger partial charge in [-0.25, -0.2) is 13.2 Å². The number of halogens is 3. The van der Waals surface area contributed by atoms with Gasteiger partial charge in [0, 0.05) is 39.8 Å². The van der Waals surface area contributed by atoms with E-state index in [9.17, 15) is 18.0 Å². The number of hydrogen-bond donors (Lipinski definition) is 0. The molecule has 2 rings (SSSR count). The summed E-state index contributed by atoms with van der Waals surface area (Å²) in [5.74, 6) is -4.95. The zero-order valence-corrected chi connectivity index (χ0v) is 11.7. The Morgan fingerprint density at radius 1 is 1.14 bits per heavy atom. The van der Waals surface area contributed by atoms with Gasteiger partial charge in [0.1, 0.15) is 0 Å². The molecule has 1 aromatic carbocycles. The third-order valence-electron chi connectivity index (χ3n) is 3.54. The van der Waals surface area contributed by atoms with E-state index in [-0.39, 0.29) is 0 Å². The molecule has 1 aliphatic rings. The molecule has 1 aromatic rings. The summed E-state index contributed by atoms with van der Waals surface area (Å²) >= 11 is 0. The maximum absolute atomic E-state index is 13.6. The van der Waals surface area contributed by atoms with Gasteiger partial charge in [0.2, 0.25) is 0 Å². The van der Waals surface area contributed by atoms with Crippen molar-refractivity contribution >= 4 is 5.91 Å². The van der Waals surface area contributed by atoms with Crippen LogP contribution in [-0.2, 0) is 4.74 Å². The van der Waals surface area contributed by atoms with Gasteiger partial charge in [-0.1, -0.05) is 0 Å². The SMILES string of the molecule is COCCN1CCN(C(=O)c2ccc(F)c(F)c2F)CC1. The topological polar surface area (TPSA) is 32.8 Å². The molecule has 1 amide bonds. The molecule has 4 nitrogen and oxygen atoms in total. The maximum atomic E-state index is 13.6. The number of amides is 1. The quantitative estimate of drug-likeness (QED) is 0.790. The normalized spacial score (nSPS) is 16.3. The molecule has 0 aliphatic carbocycles. The molecule has 1 fully saturated rings. The van der Waals surface area contributed by atoms with E-state index in [4.69, 9.17) is 4.74 Å². The van der Waals surface area contributed by atoms with Crippen molar-refractivity contribution in [3.63, 3.8) is 0 Å². The van der Waals surface area contributed by atoms with E-state index in [0.717, 1.165) is 18.7 Å². The zero-order valence-electron chi connectivity index (χ0n) is 11.7. The van der Waals surface area contributed by atoms with Crippen molar-refractivity contribution in [1.82, 2.24) is 9.80 Å². The average Bonchev–Trinajstić information content (AvgIpc) is 2.51. The number of ether oxygens (including phenoxy) is 1. The average molecular weight is 302 g/mol. The van der Waals surface area contributed by atoms with Crippen molar-refractivity contribution in [3.05, 3.63) is 35.1 Å². The molecule has 116 valence electrons. The molecule has 0 radical (unpaired) electrons. The lowest BCUT2D eigenvalue weighted by Crippen LogP contribution is -2.49. The van der Waals surface area contributed by atoms with Gasteiger partial charge < -0.3 is 9.64 Å². The van der Waals surface area contributed by atoms with Crippen LogP contribution in [0.4, 0.5) is 13.2 Å². The molecular weight excluding hydrogens is 285 g/mol. The summed E-state index contributed by atoms with van der Waals surface area (Å²) in [4.78, 5) is 15.7. The first-order valence-electron chi connectivity index (χ1n) is 6.68. The fourth-order valence-electron chi connectivity index (χ4n) is 2.26. The predicted molar refractivity (Wildman–Crippen MR) is 70.5 cm³/mol. The summed E-state index contributed by atoms with van der Waals surface area (Å²) in [6.45, 7) is 3.48. The van der Waals surface area contributed by atoms with Crippen molar-refractivity contribution < 1.29 is 22.7 Å². The summed E-state index contributed by atoms with van der Waals surface area (Å²) in [7, 11) is 1.62. The van der Waals surface area contributed by atoms with Gasteiger partial charge in [0.05, 0.1) is 12.2 Å². The van der Waals surface area contributed by atoms with Crippen LogP contribution >= 0.6 is 0 Å². The molecule has 1 heterocycles. The molecule has 0 aromatic heterocycles. The number of benzene rings is 1. The second kappa shape index (κ2) is 6.91. The van der Waals surface area contributed by atoms with Gasteiger partial charge in [0.25, 0.3) is 5.91 Å². The molecule has 21 heavy (non-hydrogen) atoms. The van der Waals surface area contributed by atoms with Crippen molar-refractivity contribution in [2.75, 3.05) is 46.4 Å². The molecule has 1 aliphatic heterocycles. The van der Waals surface area contributed by atoms with Crippen LogP contribution in [0.3, 0.4) is 0 Å². The fourth-order valence-corrected chi connectivity index (χ4v) is 2.26. The van der Waals surface area contributed by atoms with Crippen molar-refractivity contribution in [2.24, 2.45) is 0 Å². The van der Waals surface area contributed by atoms with Gasteiger partial charge in [-0.2, -0.15) is 0 Å². The molecule has 0 bridgehead atoms. The third kappa shape index (κ3) is 3.54. The summed E-state index contributed by atoms with van der Waals surface area (Å²) in [5.41, 5.74) is -0.431. The summed E-state index contributed by atoms with van der Waals surface area (Å²) in [5, 5.41) is 0. The van der Waals surface area contributed by atoms with Crippen LogP contribution in [-0.4, -0.2) is 62.1 Å². The smallest absolute Gasteiger partial charge is 0.257 e. The highest BCUT2D eigenvalue weighted by Gasteiger charge is 2.26. The van der Waals surface area contributed by atoms with Gasteiger partial charge in [0.15, 0.2) is 17.5 Å². The van der Waals surface area contributed by atoms with Gasteiger partial charge in [-0.15, -0.1) is 0 Å². The lowest BCUT2D eigenvalue weighted by Gasteiger charge is -2.34. The number of carbonyl (C=O) groups excluding carboxylic acids is 1. The third-order valence-corrected chi connectivity index (χ3v) is 3.54. The highest BCUT2D eigenvalue weighted by atomic mass is 19.2.